The second-order valence-electron chi connectivity index (χ2n) is 4.53. The molecule has 3 nitrogen and oxygen atoms in total. The van der Waals surface area contributed by atoms with Crippen molar-refractivity contribution in [2.45, 2.75) is 33.6 Å². The predicted molar refractivity (Wildman–Crippen MR) is 71.3 cm³/mol. The summed E-state index contributed by atoms with van der Waals surface area (Å²) in [5.74, 6) is 0.0250. The van der Waals surface area contributed by atoms with E-state index in [4.69, 9.17) is 5.73 Å². The zero-order valence-electron chi connectivity index (χ0n) is 11.0. The number of hydrogen-bond acceptors (Lipinski definition) is 2. The predicted octanol–water partition coefficient (Wildman–Crippen LogP) is 2.08. The minimum absolute atomic E-state index is 0.0250. The first-order valence-corrected chi connectivity index (χ1v) is 6.12. The summed E-state index contributed by atoms with van der Waals surface area (Å²) in [6.07, 6.45) is 1.89. The molecule has 3 N–H and O–H groups in total. The fourth-order valence-corrected chi connectivity index (χ4v) is 2.10. The fraction of sp³-hybridized carbons (Fsp3) is 0.500. The zero-order chi connectivity index (χ0) is 12.8. The molecule has 3 heteroatoms. The van der Waals surface area contributed by atoms with Gasteiger partial charge in [-0.1, -0.05) is 17.7 Å². The van der Waals surface area contributed by atoms with E-state index in [1.54, 1.807) is 0 Å². The van der Waals surface area contributed by atoms with Gasteiger partial charge in [-0.05, 0) is 51.3 Å². The Labute approximate surface area is 103 Å². The topological polar surface area (TPSA) is 55.1 Å². The summed E-state index contributed by atoms with van der Waals surface area (Å²) >= 11 is 0. The molecule has 0 saturated heterocycles. The molecule has 1 aromatic carbocycles. The van der Waals surface area contributed by atoms with Gasteiger partial charge in [0.1, 0.15) is 0 Å². The van der Waals surface area contributed by atoms with Crippen LogP contribution in [0.3, 0.4) is 0 Å². The third kappa shape index (κ3) is 3.86. The number of nitrogens with one attached hydrogen (secondary N) is 1. The Hall–Kier alpha value is -1.35. The second-order valence-corrected chi connectivity index (χ2v) is 4.53. The van der Waals surface area contributed by atoms with E-state index >= 15 is 0 Å². The Morgan fingerprint density at radius 2 is 1.76 bits per heavy atom. The molecule has 0 unspecified atom stereocenters. The maximum absolute atomic E-state index is 12.0. The highest BCUT2D eigenvalue weighted by atomic mass is 16.1. The van der Waals surface area contributed by atoms with Crippen molar-refractivity contribution >= 4 is 5.91 Å². The maximum Gasteiger partial charge on any atom is 0.251 e. The number of amides is 1. The van der Waals surface area contributed by atoms with Gasteiger partial charge in [0.15, 0.2) is 0 Å². The molecule has 0 radical (unpaired) electrons. The first kappa shape index (κ1) is 13.7. The first-order chi connectivity index (χ1) is 8.06. The third-order valence-electron chi connectivity index (χ3n) is 2.82. The summed E-state index contributed by atoms with van der Waals surface area (Å²) in [5.41, 5.74) is 9.49. The highest BCUT2D eigenvalue weighted by molar-refractivity contribution is 5.97. The van der Waals surface area contributed by atoms with Crippen molar-refractivity contribution in [3.05, 3.63) is 34.4 Å². The summed E-state index contributed by atoms with van der Waals surface area (Å²) in [6, 6.07) is 4.09. The molecular weight excluding hydrogens is 212 g/mol. The van der Waals surface area contributed by atoms with Crippen molar-refractivity contribution in [2.75, 3.05) is 13.1 Å². The van der Waals surface area contributed by atoms with E-state index in [2.05, 4.69) is 5.32 Å². The molecule has 0 aliphatic rings. The molecule has 1 amide bonds. The first-order valence-electron chi connectivity index (χ1n) is 6.12. The Balaban J connectivity index is 2.69. The SMILES string of the molecule is Cc1cc(C)c(C(=O)NCCCCN)c(C)c1. The van der Waals surface area contributed by atoms with Crippen molar-refractivity contribution in [1.29, 1.82) is 0 Å². The summed E-state index contributed by atoms with van der Waals surface area (Å²) in [5, 5.41) is 2.94. The normalized spacial score (nSPS) is 10.4. The molecule has 0 spiro atoms. The maximum atomic E-state index is 12.0. The molecule has 0 aliphatic carbocycles. The van der Waals surface area contributed by atoms with Gasteiger partial charge < -0.3 is 11.1 Å². The molecular formula is C14H22N2O. The van der Waals surface area contributed by atoms with Crippen LogP contribution in [0.15, 0.2) is 12.1 Å². The van der Waals surface area contributed by atoms with Crippen molar-refractivity contribution in [3.8, 4) is 0 Å². The van der Waals surface area contributed by atoms with Crippen LogP contribution in [0.1, 0.15) is 39.9 Å². The van der Waals surface area contributed by atoms with E-state index < -0.39 is 0 Å². The summed E-state index contributed by atoms with van der Waals surface area (Å²) < 4.78 is 0. The van der Waals surface area contributed by atoms with Gasteiger partial charge in [0.05, 0.1) is 0 Å². The lowest BCUT2D eigenvalue weighted by Crippen LogP contribution is -2.26. The number of nitrogens with two attached hydrogens (primary N) is 1. The Morgan fingerprint density at radius 3 is 2.29 bits per heavy atom. The van der Waals surface area contributed by atoms with Gasteiger partial charge in [-0.15, -0.1) is 0 Å². The van der Waals surface area contributed by atoms with Crippen molar-refractivity contribution < 1.29 is 4.79 Å². The van der Waals surface area contributed by atoms with Crippen LogP contribution in [0.25, 0.3) is 0 Å². The number of aryl methyl sites for hydroxylation is 3. The highest BCUT2D eigenvalue weighted by Gasteiger charge is 2.11. The summed E-state index contributed by atoms with van der Waals surface area (Å²) in [6.45, 7) is 7.38. The molecule has 17 heavy (non-hydrogen) atoms. The van der Waals surface area contributed by atoms with Crippen LogP contribution < -0.4 is 11.1 Å². The average molecular weight is 234 g/mol. The lowest BCUT2D eigenvalue weighted by atomic mass is 9.99. The van der Waals surface area contributed by atoms with Crippen LogP contribution in [0.5, 0.6) is 0 Å². The van der Waals surface area contributed by atoms with E-state index in [1.165, 1.54) is 5.56 Å². The van der Waals surface area contributed by atoms with E-state index in [9.17, 15) is 4.79 Å². The van der Waals surface area contributed by atoms with Crippen molar-refractivity contribution in [3.63, 3.8) is 0 Å². The number of rotatable bonds is 5. The minimum atomic E-state index is 0.0250. The standard InChI is InChI=1S/C14H22N2O/c1-10-8-11(2)13(12(3)9-10)14(17)16-7-5-4-6-15/h8-9H,4-7,15H2,1-3H3,(H,16,17). The fourth-order valence-electron chi connectivity index (χ4n) is 2.10. The lowest BCUT2D eigenvalue weighted by Gasteiger charge is -2.11. The van der Waals surface area contributed by atoms with E-state index in [0.717, 1.165) is 29.5 Å². The van der Waals surface area contributed by atoms with Gasteiger partial charge >= 0.3 is 0 Å². The van der Waals surface area contributed by atoms with Gasteiger partial charge in [0, 0.05) is 12.1 Å². The zero-order valence-corrected chi connectivity index (χ0v) is 11.0. The number of hydrogen-bond donors (Lipinski definition) is 2. The van der Waals surface area contributed by atoms with E-state index in [1.807, 2.05) is 32.9 Å². The molecule has 0 fully saturated rings. The largest absolute Gasteiger partial charge is 0.352 e. The molecule has 0 atom stereocenters. The van der Waals surface area contributed by atoms with Crippen LogP contribution in [0, 0.1) is 20.8 Å². The number of carbonyl (C=O) groups excluding carboxylic acids is 1. The van der Waals surface area contributed by atoms with Crippen LogP contribution >= 0.6 is 0 Å². The van der Waals surface area contributed by atoms with Crippen LogP contribution in [-0.2, 0) is 0 Å². The molecule has 0 bridgehead atoms. The smallest absolute Gasteiger partial charge is 0.251 e. The Morgan fingerprint density at radius 1 is 1.18 bits per heavy atom. The summed E-state index contributed by atoms with van der Waals surface area (Å²) in [7, 11) is 0. The number of benzene rings is 1. The molecule has 0 saturated carbocycles. The minimum Gasteiger partial charge on any atom is -0.352 e. The monoisotopic (exact) mass is 234 g/mol. The number of carbonyl (C=O) groups is 1. The van der Waals surface area contributed by atoms with Gasteiger partial charge in [-0.3, -0.25) is 4.79 Å². The van der Waals surface area contributed by atoms with Crippen molar-refractivity contribution in [2.24, 2.45) is 5.73 Å². The van der Waals surface area contributed by atoms with Gasteiger partial charge in [0.25, 0.3) is 5.91 Å². The third-order valence-corrected chi connectivity index (χ3v) is 2.82. The average Bonchev–Trinajstić information content (AvgIpc) is 2.23. The van der Waals surface area contributed by atoms with Crippen LogP contribution in [0.4, 0.5) is 0 Å². The van der Waals surface area contributed by atoms with Crippen molar-refractivity contribution in [1.82, 2.24) is 5.32 Å². The summed E-state index contributed by atoms with van der Waals surface area (Å²) in [4.78, 5) is 12.0. The molecule has 1 rings (SSSR count). The highest BCUT2D eigenvalue weighted by Crippen LogP contribution is 2.16. The molecule has 1 aromatic rings. The van der Waals surface area contributed by atoms with Crippen LogP contribution in [-0.4, -0.2) is 19.0 Å². The quantitative estimate of drug-likeness (QED) is 0.766. The van der Waals surface area contributed by atoms with E-state index in [-0.39, 0.29) is 5.91 Å². The lowest BCUT2D eigenvalue weighted by molar-refractivity contribution is 0.0952. The second kappa shape index (κ2) is 6.40. The van der Waals surface area contributed by atoms with Gasteiger partial charge in [0.2, 0.25) is 0 Å². The van der Waals surface area contributed by atoms with Gasteiger partial charge in [-0.25, -0.2) is 0 Å². The Bertz CT molecular complexity index is 376. The molecule has 0 aromatic heterocycles. The Kier molecular flexibility index (Phi) is 5.16. The van der Waals surface area contributed by atoms with Gasteiger partial charge in [-0.2, -0.15) is 0 Å². The number of unbranched alkanes of at least 4 members (excludes halogenated alkanes) is 1. The molecule has 0 heterocycles. The van der Waals surface area contributed by atoms with E-state index in [0.29, 0.717) is 13.1 Å². The molecule has 94 valence electrons. The molecule has 0 aliphatic heterocycles. The van der Waals surface area contributed by atoms with Crippen LogP contribution in [0.2, 0.25) is 0 Å².